The first-order valence-corrected chi connectivity index (χ1v) is 7.52. The molecule has 1 aromatic rings. The molecular weight excluding hydrogens is 298 g/mol. The number of benzene rings is 1. The number of carbonyl (C=O) groups is 2. The van der Waals surface area contributed by atoms with Gasteiger partial charge in [0.25, 0.3) is 5.91 Å². The minimum absolute atomic E-state index is 0.0731. The second-order valence-electron chi connectivity index (χ2n) is 5.60. The van der Waals surface area contributed by atoms with Gasteiger partial charge in [-0.3, -0.25) is 9.59 Å². The van der Waals surface area contributed by atoms with Crippen LogP contribution in [0.25, 0.3) is 0 Å². The van der Waals surface area contributed by atoms with Crippen LogP contribution in [0.3, 0.4) is 0 Å². The van der Waals surface area contributed by atoms with Gasteiger partial charge in [-0.15, -0.1) is 0 Å². The number of amides is 2. The summed E-state index contributed by atoms with van der Waals surface area (Å²) in [6, 6.07) is 5.65. The normalized spacial score (nSPS) is 16.9. The van der Waals surface area contributed by atoms with Gasteiger partial charge in [-0.25, -0.2) is 5.01 Å². The zero-order valence-corrected chi connectivity index (χ0v) is 13.2. The molecule has 3 rings (SSSR count). The van der Waals surface area contributed by atoms with Crippen LogP contribution in [-0.4, -0.2) is 54.7 Å². The topological polar surface area (TPSA) is 71.4 Å². The van der Waals surface area contributed by atoms with Crippen molar-refractivity contribution >= 4 is 17.5 Å². The van der Waals surface area contributed by atoms with Crippen molar-refractivity contribution in [3.05, 3.63) is 23.8 Å². The van der Waals surface area contributed by atoms with Crippen molar-refractivity contribution in [1.29, 1.82) is 0 Å². The van der Waals surface area contributed by atoms with Crippen molar-refractivity contribution in [3.8, 4) is 11.5 Å². The van der Waals surface area contributed by atoms with Crippen LogP contribution in [0.5, 0.6) is 11.5 Å². The van der Waals surface area contributed by atoms with Crippen LogP contribution in [0.2, 0.25) is 0 Å². The van der Waals surface area contributed by atoms with Crippen molar-refractivity contribution in [2.24, 2.45) is 5.10 Å². The second kappa shape index (κ2) is 6.28. The van der Waals surface area contributed by atoms with E-state index < -0.39 is 0 Å². The fourth-order valence-electron chi connectivity index (χ4n) is 2.58. The predicted octanol–water partition coefficient (Wildman–Crippen LogP) is 1.02. The summed E-state index contributed by atoms with van der Waals surface area (Å²) >= 11 is 0. The molecule has 0 radical (unpaired) electrons. The van der Waals surface area contributed by atoms with Crippen LogP contribution in [0.4, 0.5) is 0 Å². The molecule has 2 heterocycles. The summed E-state index contributed by atoms with van der Waals surface area (Å²) in [5.41, 5.74) is 1.36. The number of ether oxygens (including phenoxy) is 2. The number of hydrogen-bond donors (Lipinski definition) is 0. The number of rotatable bonds is 3. The maximum atomic E-state index is 12.4. The number of hydrogen-bond acceptors (Lipinski definition) is 5. The minimum atomic E-state index is -0.167. The number of carbonyl (C=O) groups excluding carboxylic acids is 2. The molecule has 0 atom stereocenters. The molecule has 122 valence electrons. The van der Waals surface area contributed by atoms with Gasteiger partial charge in [0.2, 0.25) is 5.91 Å². The van der Waals surface area contributed by atoms with Gasteiger partial charge in [0.1, 0.15) is 18.9 Å². The van der Waals surface area contributed by atoms with E-state index >= 15 is 0 Å². The first-order valence-electron chi connectivity index (χ1n) is 7.52. The summed E-state index contributed by atoms with van der Waals surface area (Å²) < 4.78 is 11.0. The average molecular weight is 317 g/mol. The zero-order chi connectivity index (χ0) is 16.4. The quantitative estimate of drug-likeness (QED) is 0.834. The Morgan fingerprint density at radius 1 is 1.26 bits per heavy atom. The fourth-order valence-corrected chi connectivity index (χ4v) is 2.58. The molecule has 1 aromatic carbocycles. The molecule has 0 N–H and O–H groups in total. The van der Waals surface area contributed by atoms with Gasteiger partial charge in [-0.05, 0) is 17.7 Å². The Hall–Kier alpha value is -2.57. The molecule has 23 heavy (non-hydrogen) atoms. The van der Waals surface area contributed by atoms with Crippen LogP contribution < -0.4 is 9.47 Å². The van der Waals surface area contributed by atoms with E-state index in [1.807, 2.05) is 18.2 Å². The van der Waals surface area contributed by atoms with Crippen LogP contribution in [0.15, 0.2) is 23.3 Å². The smallest absolute Gasteiger partial charge is 0.270 e. The molecule has 2 aliphatic rings. The molecule has 0 aromatic heterocycles. The Morgan fingerprint density at radius 3 is 2.74 bits per heavy atom. The third-order valence-corrected chi connectivity index (χ3v) is 3.83. The van der Waals surface area contributed by atoms with Gasteiger partial charge < -0.3 is 14.4 Å². The van der Waals surface area contributed by atoms with Crippen molar-refractivity contribution in [1.82, 2.24) is 9.91 Å². The first-order chi connectivity index (χ1) is 11.0. The molecule has 2 amide bonds. The molecule has 7 nitrogen and oxygen atoms in total. The molecule has 0 unspecified atom stereocenters. The molecule has 0 spiro atoms. The summed E-state index contributed by atoms with van der Waals surface area (Å²) in [6.45, 7) is 1.52. The van der Waals surface area contributed by atoms with E-state index in [0.717, 1.165) is 11.3 Å². The third-order valence-electron chi connectivity index (χ3n) is 3.83. The summed E-state index contributed by atoms with van der Waals surface area (Å²) in [4.78, 5) is 25.5. The van der Waals surface area contributed by atoms with E-state index in [1.165, 1.54) is 5.01 Å². The molecule has 0 saturated carbocycles. The Kier molecular flexibility index (Phi) is 4.18. The van der Waals surface area contributed by atoms with Gasteiger partial charge in [-0.2, -0.15) is 5.10 Å². The molecule has 7 heteroatoms. The van der Waals surface area contributed by atoms with Gasteiger partial charge in [-0.1, -0.05) is 6.07 Å². The number of nitrogens with zero attached hydrogens (tertiary/aromatic N) is 3. The molecule has 0 fully saturated rings. The number of fused-ring (bicyclic) bond motifs is 1. The van der Waals surface area contributed by atoms with Crippen LogP contribution in [-0.2, 0) is 16.1 Å². The number of hydrazone groups is 1. The summed E-state index contributed by atoms with van der Waals surface area (Å²) in [6.07, 6.45) is 0.701. The van der Waals surface area contributed by atoms with Crippen molar-refractivity contribution in [3.63, 3.8) is 0 Å². The van der Waals surface area contributed by atoms with Gasteiger partial charge >= 0.3 is 0 Å². The highest BCUT2D eigenvalue weighted by Crippen LogP contribution is 2.31. The molecular formula is C16H19N3O4. The van der Waals surface area contributed by atoms with E-state index in [4.69, 9.17) is 9.47 Å². The lowest BCUT2D eigenvalue weighted by Crippen LogP contribution is -2.38. The monoisotopic (exact) mass is 317 g/mol. The Balaban J connectivity index is 1.69. The van der Waals surface area contributed by atoms with E-state index in [9.17, 15) is 9.59 Å². The van der Waals surface area contributed by atoms with Crippen molar-refractivity contribution in [2.75, 3.05) is 27.3 Å². The maximum Gasteiger partial charge on any atom is 0.270 e. The SMILES string of the molecule is CN(Cc1ccc2c(c1)OCCO2)C(=O)C1=NN(C)C(=O)CC1. The van der Waals surface area contributed by atoms with Crippen LogP contribution >= 0.6 is 0 Å². The van der Waals surface area contributed by atoms with Gasteiger partial charge in [0.05, 0.1) is 0 Å². The Labute approximate surface area is 134 Å². The minimum Gasteiger partial charge on any atom is -0.486 e. The highest BCUT2D eigenvalue weighted by Gasteiger charge is 2.24. The van der Waals surface area contributed by atoms with E-state index in [0.29, 0.717) is 44.1 Å². The summed E-state index contributed by atoms with van der Waals surface area (Å²) in [5, 5.41) is 5.29. The van der Waals surface area contributed by atoms with Crippen molar-refractivity contribution in [2.45, 2.75) is 19.4 Å². The van der Waals surface area contributed by atoms with Gasteiger partial charge in [0.15, 0.2) is 11.5 Å². The van der Waals surface area contributed by atoms with E-state index in [2.05, 4.69) is 5.10 Å². The largest absolute Gasteiger partial charge is 0.486 e. The summed E-state index contributed by atoms with van der Waals surface area (Å²) in [5.74, 6) is 1.19. The van der Waals surface area contributed by atoms with Crippen LogP contribution in [0, 0.1) is 0 Å². The maximum absolute atomic E-state index is 12.4. The molecule has 0 aliphatic carbocycles. The second-order valence-corrected chi connectivity index (χ2v) is 5.60. The molecule has 0 bridgehead atoms. The Bertz CT molecular complexity index is 671. The zero-order valence-electron chi connectivity index (χ0n) is 13.2. The predicted molar refractivity (Wildman–Crippen MR) is 83.3 cm³/mol. The molecule has 2 aliphatic heterocycles. The van der Waals surface area contributed by atoms with E-state index in [1.54, 1.807) is 19.0 Å². The average Bonchev–Trinajstić information content (AvgIpc) is 2.56. The lowest BCUT2D eigenvalue weighted by Gasteiger charge is -2.24. The highest BCUT2D eigenvalue weighted by molar-refractivity contribution is 6.39. The standard InChI is InChI=1S/C16H19N3O4/c1-18(16(21)12-4-6-15(20)19(2)17-12)10-11-3-5-13-14(9-11)23-8-7-22-13/h3,5,9H,4,6-8,10H2,1-2H3. The lowest BCUT2D eigenvalue weighted by molar-refractivity contribution is -0.130. The van der Waals surface area contributed by atoms with Crippen LogP contribution in [0.1, 0.15) is 18.4 Å². The van der Waals surface area contributed by atoms with Gasteiger partial charge in [0, 0.05) is 33.5 Å². The lowest BCUT2D eigenvalue weighted by atomic mass is 10.1. The highest BCUT2D eigenvalue weighted by atomic mass is 16.6. The first kappa shape index (κ1) is 15.3. The Morgan fingerprint density at radius 2 is 2.00 bits per heavy atom. The van der Waals surface area contributed by atoms with Crippen molar-refractivity contribution < 1.29 is 19.1 Å². The molecule has 0 saturated heterocycles. The fraction of sp³-hybridized carbons (Fsp3) is 0.438. The summed E-state index contributed by atoms with van der Waals surface area (Å²) in [7, 11) is 3.29. The van der Waals surface area contributed by atoms with E-state index in [-0.39, 0.29) is 11.8 Å². The third kappa shape index (κ3) is 3.28.